The van der Waals surface area contributed by atoms with Crippen LogP contribution in [0.1, 0.15) is 19.7 Å². The Hall–Kier alpha value is -0.970. The van der Waals surface area contributed by atoms with Crippen molar-refractivity contribution >= 4 is 51.8 Å². The summed E-state index contributed by atoms with van der Waals surface area (Å²) in [4.78, 5) is 15.7. The Morgan fingerprint density at radius 1 is 1.26 bits per heavy atom. The number of para-hydroxylation sites is 2. The SMILES string of the molecule is CC(C)(C(=O)O)n1c(C(Cl)(Cl)Cl)nc2ccccc21. The summed E-state index contributed by atoms with van der Waals surface area (Å²) in [6, 6.07) is 7.05. The zero-order valence-electron chi connectivity index (χ0n) is 10.2. The van der Waals surface area contributed by atoms with Gasteiger partial charge in [-0.05, 0) is 26.0 Å². The first-order valence-electron chi connectivity index (χ1n) is 5.44. The maximum absolute atomic E-state index is 11.5. The van der Waals surface area contributed by atoms with Crippen LogP contribution in [0.3, 0.4) is 0 Å². The van der Waals surface area contributed by atoms with Gasteiger partial charge in [0.15, 0.2) is 5.82 Å². The Morgan fingerprint density at radius 3 is 2.37 bits per heavy atom. The molecule has 2 aromatic rings. The van der Waals surface area contributed by atoms with E-state index in [2.05, 4.69) is 4.98 Å². The molecule has 19 heavy (non-hydrogen) atoms. The Kier molecular flexibility index (Phi) is 3.45. The second-order valence-electron chi connectivity index (χ2n) is 4.62. The van der Waals surface area contributed by atoms with Crippen molar-refractivity contribution < 1.29 is 9.90 Å². The molecule has 0 atom stereocenters. The van der Waals surface area contributed by atoms with Crippen molar-refractivity contribution in [2.75, 3.05) is 0 Å². The molecule has 2 rings (SSSR count). The van der Waals surface area contributed by atoms with Gasteiger partial charge in [-0.1, -0.05) is 46.9 Å². The lowest BCUT2D eigenvalue weighted by atomic mass is 10.1. The molecule has 0 radical (unpaired) electrons. The first-order chi connectivity index (χ1) is 8.65. The van der Waals surface area contributed by atoms with Crippen LogP contribution >= 0.6 is 34.8 Å². The molecule has 4 nitrogen and oxygen atoms in total. The van der Waals surface area contributed by atoms with E-state index < -0.39 is 15.3 Å². The summed E-state index contributed by atoms with van der Waals surface area (Å²) in [7, 11) is 0. The minimum Gasteiger partial charge on any atom is -0.480 e. The lowest BCUT2D eigenvalue weighted by Gasteiger charge is -2.26. The highest BCUT2D eigenvalue weighted by Crippen LogP contribution is 2.41. The Balaban J connectivity index is 2.87. The van der Waals surface area contributed by atoms with Gasteiger partial charge in [-0.25, -0.2) is 9.78 Å². The van der Waals surface area contributed by atoms with Crippen LogP contribution in [0.25, 0.3) is 11.0 Å². The lowest BCUT2D eigenvalue weighted by molar-refractivity contribution is -0.145. The predicted molar refractivity (Wildman–Crippen MR) is 75.9 cm³/mol. The van der Waals surface area contributed by atoms with Crippen LogP contribution in [0, 0.1) is 0 Å². The number of carboxylic acids is 1. The van der Waals surface area contributed by atoms with Crippen LogP contribution in [-0.2, 0) is 14.1 Å². The third kappa shape index (κ3) is 2.40. The number of hydrogen-bond donors (Lipinski definition) is 1. The van der Waals surface area contributed by atoms with Crippen molar-refractivity contribution in [1.29, 1.82) is 0 Å². The number of rotatable bonds is 2. The molecule has 0 amide bonds. The molecular formula is C12H11Cl3N2O2. The number of aliphatic carboxylic acids is 1. The molecule has 102 valence electrons. The number of imidazole rings is 1. The van der Waals surface area contributed by atoms with Gasteiger partial charge in [0.25, 0.3) is 0 Å². The fourth-order valence-corrected chi connectivity index (χ4v) is 2.26. The molecule has 0 saturated heterocycles. The molecule has 7 heteroatoms. The number of halogens is 3. The summed E-state index contributed by atoms with van der Waals surface area (Å²) < 4.78 is -0.358. The molecule has 1 N–H and O–H groups in total. The highest BCUT2D eigenvalue weighted by atomic mass is 35.6. The average molecular weight is 322 g/mol. The van der Waals surface area contributed by atoms with Crippen LogP contribution < -0.4 is 0 Å². The molecule has 0 fully saturated rings. The van der Waals surface area contributed by atoms with Crippen molar-refractivity contribution in [1.82, 2.24) is 9.55 Å². The van der Waals surface area contributed by atoms with E-state index in [9.17, 15) is 9.90 Å². The normalized spacial score (nSPS) is 12.9. The van der Waals surface area contributed by atoms with Gasteiger partial charge in [-0.3, -0.25) is 0 Å². The van der Waals surface area contributed by atoms with E-state index in [-0.39, 0.29) is 5.82 Å². The Morgan fingerprint density at radius 2 is 1.84 bits per heavy atom. The van der Waals surface area contributed by atoms with Gasteiger partial charge in [0.1, 0.15) is 5.54 Å². The van der Waals surface area contributed by atoms with Crippen LogP contribution in [-0.4, -0.2) is 20.6 Å². The fraction of sp³-hybridized carbons (Fsp3) is 0.333. The van der Waals surface area contributed by atoms with Crippen molar-refractivity contribution in [3.8, 4) is 0 Å². The van der Waals surface area contributed by atoms with Crippen LogP contribution in [0.2, 0.25) is 0 Å². The number of benzene rings is 1. The van der Waals surface area contributed by atoms with Crippen molar-refractivity contribution in [3.63, 3.8) is 0 Å². The molecule has 0 unspecified atom stereocenters. The summed E-state index contributed by atoms with van der Waals surface area (Å²) in [5, 5.41) is 9.38. The van der Waals surface area contributed by atoms with Gasteiger partial charge in [0.2, 0.25) is 3.79 Å². The molecular weight excluding hydrogens is 311 g/mol. The van der Waals surface area contributed by atoms with Gasteiger partial charge in [0, 0.05) is 0 Å². The molecule has 0 saturated carbocycles. The number of hydrogen-bond acceptors (Lipinski definition) is 2. The van der Waals surface area contributed by atoms with Gasteiger partial charge in [-0.15, -0.1) is 0 Å². The van der Waals surface area contributed by atoms with Crippen molar-refractivity contribution in [3.05, 3.63) is 30.1 Å². The molecule has 0 aliphatic heterocycles. The van der Waals surface area contributed by atoms with Crippen molar-refractivity contribution in [2.24, 2.45) is 0 Å². The second-order valence-corrected chi connectivity index (χ2v) is 6.90. The monoisotopic (exact) mass is 320 g/mol. The van der Waals surface area contributed by atoms with Gasteiger partial charge in [0.05, 0.1) is 11.0 Å². The quantitative estimate of drug-likeness (QED) is 0.858. The van der Waals surface area contributed by atoms with E-state index in [4.69, 9.17) is 34.8 Å². The van der Waals surface area contributed by atoms with Crippen molar-refractivity contribution in [2.45, 2.75) is 23.2 Å². The topological polar surface area (TPSA) is 55.1 Å². The lowest BCUT2D eigenvalue weighted by Crippen LogP contribution is -2.38. The molecule has 0 spiro atoms. The highest BCUT2D eigenvalue weighted by molar-refractivity contribution is 6.66. The summed E-state index contributed by atoms with van der Waals surface area (Å²) in [6.45, 7) is 3.06. The van der Waals surface area contributed by atoms with Gasteiger partial charge >= 0.3 is 5.97 Å². The molecule has 0 aliphatic carbocycles. The third-order valence-corrected chi connectivity index (χ3v) is 3.40. The third-order valence-electron chi connectivity index (χ3n) is 2.90. The summed E-state index contributed by atoms with van der Waals surface area (Å²) in [5.74, 6) is -0.947. The molecule has 0 aliphatic rings. The smallest absolute Gasteiger partial charge is 0.329 e. The standard InChI is InChI=1S/C12H11Cl3N2O2/c1-11(2,10(18)19)17-8-6-4-3-5-7(8)16-9(17)12(13,14)15/h3-6H,1-2H3,(H,18,19). The Labute approximate surface area is 124 Å². The van der Waals surface area contributed by atoms with E-state index in [0.29, 0.717) is 11.0 Å². The maximum Gasteiger partial charge on any atom is 0.329 e. The predicted octanol–water partition coefficient (Wildman–Crippen LogP) is 3.68. The molecule has 1 aromatic heterocycles. The number of carboxylic acid groups (broad SMARTS) is 1. The van der Waals surface area contributed by atoms with E-state index in [1.165, 1.54) is 18.4 Å². The zero-order chi connectivity index (χ0) is 14.4. The number of aromatic nitrogens is 2. The fourth-order valence-electron chi connectivity index (χ4n) is 1.88. The van der Waals surface area contributed by atoms with Crippen LogP contribution in [0.5, 0.6) is 0 Å². The van der Waals surface area contributed by atoms with Crippen LogP contribution in [0.4, 0.5) is 0 Å². The highest BCUT2D eigenvalue weighted by Gasteiger charge is 2.39. The number of alkyl halides is 3. The van der Waals surface area contributed by atoms with E-state index in [1.807, 2.05) is 0 Å². The maximum atomic E-state index is 11.5. The second kappa shape index (κ2) is 4.54. The van der Waals surface area contributed by atoms with Gasteiger partial charge < -0.3 is 9.67 Å². The average Bonchev–Trinajstić information content (AvgIpc) is 2.68. The number of nitrogens with zero attached hydrogens (tertiary/aromatic N) is 2. The first-order valence-corrected chi connectivity index (χ1v) is 6.57. The zero-order valence-corrected chi connectivity index (χ0v) is 12.5. The molecule has 0 bridgehead atoms. The number of fused-ring (bicyclic) bond motifs is 1. The summed E-state index contributed by atoms with van der Waals surface area (Å²) >= 11 is 17.7. The Bertz CT molecular complexity index is 644. The van der Waals surface area contributed by atoms with E-state index in [0.717, 1.165) is 0 Å². The minimum absolute atomic E-state index is 0.0890. The molecule has 1 aromatic carbocycles. The van der Waals surface area contributed by atoms with E-state index >= 15 is 0 Å². The summed E-state index contributed by atoms with van der Waals surface area (Å²) in [5.41, 5.74) is -0.0931. The first kappa shape index (κ1) is 14.4. The summed E-state index contributed by atoms with van der Waals surface area (Å²) in [6.07, 6.45) is 0. The minimum atomic E-state index is -1.80. The largest absolute Gasteiger partial charge is 0.480 e. The van der Waals surface area contributed by atoms with Gasteiger partial charge in [-0.2, -0.15) is 0 Å². The van der Waals surface area contributed by atoms with E-state index in [1.54, 1.807) is 24.3 Å². The van der Waals surface area contributed by atoms with Crippen LogP contribution in [0.15, 0.2) is 24.3 Å². The number of carbonyl (C=O) groups is 1. The molecule has 1 heterocycles.